The third-order valence-corrected chi connectivity index (χ3v) is 3.59. The van der Waals surface area contributed by atoms with Gasteiger partial charge in [0.15, 0.2) is 0 Å². The molecular weight excluding hydrogens is 292 g/mol. The molecule has 1 aromatic carbocycles. The zero-order valence-electron chi connectivity index (χ0n) is 14.7. The van der Waals surface area contributed by atoms with Gasteiger partial charge in [0.2, 0.25) is 0 Å². The molecule has 5 heteroatoms. The lowest BCUT2D eigenvalue weighted by Gasteiger charge is -2.44. The second kappa shape index (κ2) is 7.12. The zero-order chi connectivity index (χ0) is 17.8. The largest absolute Gasteiger partial charge is 0.478 e. The Morgan fingerprint density at radius 2 is 1.74 bits per heavy atom. The molecule has 23 heavy (non-hydrogen) atoms. The molecule has 0 saturated heterocycles. The van der Waals surface area contributed by atoms with Gasteiger partial charge in [0, 0.05) is 5.54 Å². The summed E-state index contributed by atoms with van der Waals surface area (Å²) in [6.07, 6.45) is 0. The second-order valence-electron chi connectivity index (χ2n) is 7.14. The summed E-state index contributed by atoms with van der Waals surface area (Å²) in [5, 5.41) is 20.3. The van der Waals surface area contributed by atoms with Crippen LogP contribution < -0.4 is 0 Å². The standard InChI is InChI=1S/C18H26N2O3/c1-13(2)15(14-10-8-7-9-11-14)20(17(3,4)5)23-18(6,12-19)16(21)22/h7-11,13,15H,1-6H3,(H,21,22). The predicted octanol–water partition coefficient (Wildman–Crippen LogP) is 3.78. The maximum absolute atomic E-state index is 11.5. The summed E-state index contributed by atoms with van der Waals surface area (Å²) < 4.78 is 0. The van der Waals surface area contributed by atoms with E-state index in [0.717, 1.165) is 5.56 Å². The Morgan fingerprint density at radius 3 is 2.09 bits per heavy atom. The van der Waals surface area contributed by atoms with Gasteiger partial charge in [-0.2, -0.15) is 10.3 Å². The summed E-state index contributed by atoms with van der Waals surface area (Å²) in [5.41, 5.74) is -1.41. The summed E-state index contributed by atoms with van der Waals surface area (Å²) in [6.45, 7) is 11.2. The number of aliphatic carboxylic acids is 1. The van der Waals surface area contributed by atoms with Crippen molar-refractivity contribution in [3.8, 4) is 6.07 Å². The van der Waals surface area contributed by atoms with Crippen LogP contribution in [0.2, 0.25) is 0 Å². The van der Waals surface area contributed by atoms with Gasteiger partial charge in [0.1, 0.15) is 6.07 Å². The average molecular weight is 318 g/mol. The highest BCUT2D eigenvalue weighted by atomic mass is 16.7. The molecule has 1 rings (SSSR count). The van der Waals surface area contributed by atoms with Gasteiger partial charge < -0.3 is 5.11 Å². The Kier molecular flexibility index (Phi) is 5.92. The number of carboxylic acid groups (broad SMARTS) is 1. The number of rotatable bonds is 6. The van der Waals surface area contributed by atoms with Gasteiger partial charge in [-0.1, -0.05) is 44.2 Å². The number of carboxylic acids is 1. The summed E-state index contributed by atoms with van der Waals surface area (Å²) in [7, 11) is 0. The molecule has 0 spiro atoms. The molecule has 2 atom stereocenters. The Morgan fingerprint density at radius 1 is 1.22 bits per heavy atom. The lowest BCUT2D eigenvalue weighted by molar-refractivity contribution is -0.288. The molecule has 0 amide bonds. The van der Waals surface area contributed by atoms with Crippen molar-refractivity contribution in [1.82, 2.24) is 5.06 Å². The first kappa shape index (κ1) is 19.1. The lowest BCUT2D eigenvalue weighted by Crippen LogP contribution is -2.52. The van der Waals surface area contributed by atoms with Crippen LogP contribution in [0, 0.1) is 17.2 Å². The fourth-order valence-electron chi connectivity index (χ4n) is 2.36. The molecule has 0 radical (unpaired) electrons. The smallest absolute Gasteiger partial charge is 0.352 e. The molecule has 5 nitrogen and oxygen atoms in total. The molecule has 0 aromatic heterocycles. The normalized spacial score (nSPS) is 16.0. The Bertz CT molecular complexity index is 572. The second-order valence-corrected chi connectivity index (χ2v) is 7.14. The molecular formula is C18H26N2O3. The number of hydrogen-bond donors (Lipinski definition) is 1. The molecule has 1 aromatic rings. The van der Waals surface area contributed by atoms with E-state index >= 15 is 0 Å². The SMILES string of the molecule is CC(C)C(c1ccccc1)N(OC(C)(C#N)C(=O)O)C(C)(C)C. The molecule has 0 bridgehead atoms. The van der Waals surface area contributed by atoms with Crippen molar-refractivity contribution in [2.24, 2.45) is 5.92 Å². The summed E-state index contributed by atoms with van der Waals surface area (Å²) in [6, 6.07) is 11.4. The van der Waals surface area contributed by atoms with Gasteiger partial charge in [-0.3, -0.25) is 4.84 Å². The van der Waals surface area contributed by atoms with Crippen LogP contribution in [0.1, 0.15) is 53.1 Å². The summed E-state index contributed by atoms with van der Waals surface area (Å²) in [5.74, 6) is -1.14. The molecule has 0 aliphatic rings. The average Bonchev–Trinajstić information content (AvgIpc) is 2.46. The lowest BCUT2D eigenvalue weighted by atomic mass is 9.92. The van der Waals surface area contributed by atoms with Crippen LogP contribution in [0.4, 0.5) is 0 Å². The summed E-state index contributed by atoms with van der Waals surface area (Å²) >= 11 is 0. The molecule has 2 unspecified atom stereocenters. The van der Waals surface area contributed by atoms with E-state index in [4.69, 9.17) is 4.84 Å². The van der Waals surface area contributed by atoms with Gasteiger partial charge in [0.05, 0.1) is 6.04 Å². The van der Waals surface area contributed by atoms with Gasteiger partial charge in [-0.25, -0.2) is 4.79 Å². The topological polar surface area (TPSA) is 73.6 Å². The molecule has 0 aliphatic carbocycles. The Balaban J connectivity index is 3.35. The molecule has 0 aliphatic heterocycles. The molecule has 0 saturated carbocycles. The van der Waals surface area contributed by atoms with Crippen LogP contribution in [0.3, 0.4) is 0 Å². The molecule has 0 fully saturated rings. The summed E-state index contributed by atoms with van der Waals surface area (Å²) in [4.78, 5) is 17.2. The van der Waals surface area contributed by atoms with Crippen LogP contribution in [-0.4, -0.2) is 27.3 Å². The van der Waals surface area contributed by atoms with Crippen LogP contribution in [0.5, 0.6) is 0 Å². The van der Waals surface area contributed by atoms with E-state index in [0.29, 0.717) is 0 Å². The van der Waals surface area contributed by atoms with Gasteiger partial charge in [0.25, 0.3) is 5.60 Å². The van der Waals surface area contributed by atoms with Gasteiger partial charge >= 0.3 is 5.97 Å². The van der Waals surface area contributed by atoms with Crippen LogP contribution >= 0.6 is 0 Å². The monoisotopic (exact) mass is 318 g/mol. The van der Waals surface area contributed by atoms with E-state index < -0.39 is 17.1 Å². The van der Waals surface area contributed by atoms with E-state index in [-0.39, 0.29) is 12.0 Å². The third kappa shape index (κ3) is 4.54. The van der Waals surface area contributed by atoms with E-state index in [1.54, 1.807) is 11.1 Å². The highest BCUT2D eigenvalue weighted by molar-refractivity contribution is 5.80. The van der Waals surface area contributed by atoms with Crippen molar-refractivity contribution in [3.63, 3.8) is 0 Å². The van der Waals surface area contributed by atoms with Crippen molar-refractivity contribution in [1.29, 1.82) is 5.26 Å². The van der Waals surface area contributed by atoms with Crippen molar-refractivity contribution < 1.29 is 14.7 Å². The van der Waals surface area contributed by atoms with Crippen molar-refractivity contribution >= 4 is 5.97 Å². The molecule has 0 heterocycles. The quantitative estimate of drug-likeness (QED) is 0.808. The number of benzene rings is 1. The molecule has 1 N–H and O–H groups in total. The fraction of sp³-hybridized carbons (Fsp3) is 0.556. The number of carbonyl (C=O) groups is 1. The number of hydrogen-bond acceptors (Lipinski definition) is 4. The first-order valence-corrected chi connectivity index (χ1v) is 7.71. The maximum Gasteiger partial charge on any atom is 0.352 e. The minimum Gasteiger partial charge on any atom is -0.478 e. The minimum atomic E-state index is -1.94. The van der Waals surface area contributed by atoms with E-state index in [1.807, 2.05) is 65.0 Å². The fourth-order valence-corrected chi connectivity index (χ4v) is 2.36. The van der Waals surface area contributed by atoms with Crippen molar-refractivity contribution in [3.05, 3.63) is 35.9 Å². The highest BCUT2D eigenvalue weighted by Gasteiger charge is 2.43. The van der Waals surface area contributed by atoms with Crippen molar-refractivity contribution in [2.75, 3.05) is 0 Å². The van der Waals surface area contributed by atoms with E-state index in [9.17, 15) is 15.2 Å². The van der Waals surface area contributed by atoms with Crippen LogP contribution in [0.25, 0.3) is 0 Å². The van der Waals surface area contributed by atoms with E-state index in [1.165, 1.54) is 6.92 Å². The predicted molar refractivity (Wildman–Crippen MR) is 88.4 cm³/mol. The Labute approximate surface area is 138 Å². The zero-order valence-corrected chi connectivity index (χ0v) is 14.7. The third-order valence-electron chi connectivity index (χ3n) is 3.59. The highest BCUT2D eigenvalue weighted by Crippen LogP contribution is 2.36. The number of nitriles is 1. The van der Waals surface area contributed by atoms with E-state index in [2.05, 4.69) is 0 Å². The first-order chi connectivity index (χ1) is 10.5. The Hall–Kier alpha value is -1.90. The first-order valence-electron chi connectivity index (χ1n) is 7.71. The minimum absolute atomic E-state index is 0.161. The van der Waals surface area contributed by atoms with Crippen LogP contribution in [0.15, 0.2) is 30.3 Å². The number of hydroxylamine groups is 2. The van der Waals surface area contributed by atoms with Crippen molar-refractivity contribution in [2.45, 2.75) is 58.7 Å². The number of nitrogens with zero attached hydrogens (tertiary/aromatic N) is 2. The van der Waals surface area contributed by atoms with Gasteiger partial charge in [-0.15, -0.1) is 0 Å². The van der Waals surface area contributed by atoms with Gasteiger partial charge in [-0.05, 0) is 39.2 Å². The molecule has 126 valence electrons. The van der Waals surface area contributed by atoms with Crippen LogP contribution in [-0.2, 0) is 9.63 Å². The maximum atomic E-state index is 11.5.